The maximum absolute atomic E-state index is 12.9. The van der Waals surface area contributed by atoms with Crippen LogP contribution in [0.15, 0.2) is 42.5 Å². The second kappa shape index (κ2) is 9.55. The number of methoxy groups -OCH3 is 3. The topological polar surface area (TPSA) is 74.3 Å². The van der Waals surface area contributed by atoms with Crippen LogP contribution in [0.5, 0.6) is 17.2 Å². The fourth-order valence-corrected chi connectivity index (χ4v) is 3.72. The Morgan fingerprint density at radius 2 is 1.71 bits per heavy atom. The van der Waals surface area contributed by atoms with Gasteiger partial charge >= 0.3 is 5.97 Å². The molecule has 1 aliphatic rings. The Hall–Kier alpha value is -3.48. The number of ether oxygens (including phenoxy) is 4. The minimum atomic E-state index is -0.911. The average Bonchev–Trinajstić information content (AvgIpc) is 3.11. The molecule has 0 saturated carbocycles. The summed E-state index contributed by atoms with van der Waals surface area (Å²) in [6, 6.07) is 11.2. The highest BCUT2D eigenvalue weighted by molar-refractivity contribution is 6.00. The van der Waals surface area contributed by atoms with Crippen LogP contribution in [0.1, 0.15) is 25.0 Å². The van der Waals surface area contributed by atoms with E-state index in [2.05, 4.69) is 0 Å². The molecular weight excluding hydrogens is 398 g/mol. The molecule has 0 saturated heterocycles. The average molecular weight is 425 g/mol. The van der Waals surface area contributed by atoms with Crippen LogP contribution in [0.3, 0.4) is 0 Å². The number of carbonyl (C=O) groups excluding carboxylic acids is 2. The van der Waals surface area contributed by atoms with E-state index in [1.807, 2.05) is 31.2 Å². The van der Waals surface area contributed by atoms with E-state index < -0.39 is 12.1 Å². The van der Waals surface area contributed by atoms with Crippen molar-refractivity contribution in [3.63, 3.8) is 0 Å². The van der Waals surface area contributed by atoms with Crippen molar-refractivity contribution in [2.75, 3.05) is 26.2 Å². The predicted molar refractivity (Wildman–Crippen MR) is 118 cm³/mol. The standard InChI is InChI=1S/C24H27NO6/c1-15-12-18-8-6-7-9-19(18)25(15)24(27)16(2)31-22(26)11-10-17-13-20(28-3)23(30-5)21(14-17)29-4/h6-11,13-16H,12H2,1-5H3/b11-10+/t15-,16+/m0/s1. The molecule has 0 bridgehead atoms. The first-order valence-corrected chi connectivity index (χ1v) is 9.99. The Kier molecular flexibility index (Phi) is 6.84. The van der Waals surface area contributed by atoms with Gasteiger partial charge in [-0.2, -0.15) is 0 Å². The number of anilines is 1. The molecular formula is C24H27NO6. The fraction of sp³-hybridized carbons (Fsp3) is 0.333. The zero-order valence-corrected chi connectivity index (χ0v) is 18.4. The monoisotopic (exact) mass is 425 g/mol. The van der Waals surface area contributed by atoms with E-state index in [9.17, 15) is 9.59 Å². The molecule has 1 aliphatic heterocycles. The van der Waals surface area contributed by atoms with Crippen LogP contribution in [0.4, 0.5) is 5.69 Å². The molecule has 0 spiro atoms. The molecule has 0 unspecified atom stereocenters. The normalized spacial score (nSPS) is 16.0. The molecule has 7 nitrogen and oxygen atoms in total. The summed E-state index contributed by atoms with van der Waals surface area (Å²) >= 11 is 0. The van der Waals surface area contributed by atoms with Gasteiger partial charge in [-0.15, -0.1) is 0 Å². The zero-order valence-electron chi connectivity index (χ0n) is 18.4. The molecule has 1 amide bonds. The molecule has 1 heterocycles. The number of esters is 1. The van der Waals surface area contributed by atoms with Crippen LogP contribution in [0.25, 0.3) is 6.08 Å². The molecule has 164 valence electrons. The third-order valence-corrected chi connectivity index (χ3v) is 5.18. The Labute approximate surface area is 182 Å². The van der Waals surface area contributed by atoms with Crippen LogP contribution in [0.2, 0.25) is 0 Å². The highest BCUT2D eigenvalue weighted by Crippen LogP contribution is 2.38. The maximum Gasteiger partial charge on any atom is 0.331 e. The first-order chi connectivity index (χ1) is 14.9. The lowest BCUT2D eigenvalue weighted by Crippen LogP contribution is -2.43. The van der Waals surface area contributed by atoms with Crippen molar-refractivity contribution in [3.05, 3.63) is 53.6 Å². The van der Waals surface area contributed by atoms with E-state index in [1.54, 1.807) is 30.0 Å². The molecule has 3 rings (SSSR count). The van der Waals surface area contributed by atoms with Crippen molar-refractivity contribution >= 4 is 23.6 Å². The summed E-state index contributed by atoms with van der Waals surface area (Å²) in [5.74, 6) is 0.547. The van der Waals surface area contributed by atoms with Crippen LogP contribution >= 0.6 is 0 Å². The van der Waals surface area contributed by atoms with Gasteiger partial charge in [0, 0.05) is 17.8 Å². The molecule has 0 N–H and O–H groups in total. The van der Waals surface area contributed by atoms with Gasteiger partial charge in [0.2, 0.25) is 5.75 Å². The summed E-state index contributed by atoms with van der Waals surface area (Å²) in [6.07, 6.45) is 2.71. The lowest BCUT2D eigenvalue weighted by atomic mass is 10.1. The van der Waals surface area contributed by atoms with Crippen LogP contribution in [0, 0.1) is 0 Å². The molecule has 0 aromatic heterocycles. The summed E-state index contributed by atoms with van der Waals surface area (Å²) in [7, 11) is 4.55. The SMILES string of the molecule is COc1cc(/C=C/C(=O)O[C@H](C)C(=O)N2c3ccccc3C[C@@H]2C)cc(OC)c1OC. The second-order valence-corrected chi connectivity index (χ2v) is 7.26. The molecule has 2 atom stereocenters. The van der Waals surface area contributed by atoms with Crippen molar-refractivity contribution in [2.45, 2.75) is 32.4 Å². The van der Waals surface area contributed by atoms with Crippen molar-refractivity contribution in [1.29, 1.82) is 0 Å². The Bertz CT molecular complexity index is 974. The van der Waals surface area contributed by atoms with Gasteiger partial charge < -0.3 is 23.8 Å². The zero-order chi connectivity index (χ0) is 22.5. The van der Waals surface area contributed by atoms with E-state index >= 15 is 0 Å². The third kappa shape index (κ3) is 4.66. The minimum absolute atomic E-state index is 0.0147. The quantitative estimate of drug-likeness (QED) is 0.498. The number of fused-ring (bicyclic) bond motifs is 1. The van der Waals surface area contributed by atoms with Gasteiger partial charge in [0.15, 0.2) is 17.6 Å². The molecule has 7 heteroatoms. The Balaban J connectivity index is 1.69. The van der Waals surface area contributed by atoms with E-state index in [0.29, 0.717) is 22.8 Å². The summed E-state index contributed by atoms with van der Waals surface area (Å²) in [5, 5.41) is 0. The van der Waals surface area contributed by atoms with Gasteiger partial charge in [0.1, 0.15) is 0 Å². The summed E-state index contributed by atoms with van der Waals surface area (Å²) in [5.41, 5.74) is 2.65. The lowest BCUT2D eigenvalue weighted by molar-refractivity contribution is -0.149. The fourth-order valence-electron chi connectivity index (χ4n) is 3.72. The Morgan fingerprint density at radius 1 is 1.06 bits per heavy atom. The van der Waals surface area contributed by atoms with Gasteiger partial charge in [-0.05, 0) is 55.7 Å². The third-order valence-electron chi connectivity index (χ3n) is 5.18. The van der Waals surface area contributed by atoms with Gasteiger partial charge in [0.05, 0.1) is 21.3 Å². The molecule has 0 radical (unpaired) electrons. The number of hydrogen-bond acceptors (Lipinski definition) is 6. The van der Waals surface area contributed by atoms with E-state index in [-0.39, 0.29) is 11.9 Å². The maximum atomic E-state index is 12.9. The number of amides is 1. The number of carbonyl (C=O) groups is 2. The van der Waals surface area contributed by atoms with Gasteiger partial charge in [-0.3, -0.25) is 4.79 Å². The number of nitrogens with zero attached hydrogens (tertiary/aromatic N) is 1. The summed E-state index contributed by atoms with van der Waals surface area (Å²) in [4.78, 5) is 27.0. The van der Waals surface area contributed by atoms with Crippen LogP contribution < -0.4 is 19.1 Å². The molecule has 0 aliphatic carbocycles. The largest absolute Gasteiger partial charge is 0.493 e. The lowest BCUT2D eigenvalue weighted by Gasteiger charge is -2.25. The molecule has 31 heavy (non-hydrogen) atoms. The Morgan fingerprint density at radius 3 is 2.32 bits per heavy atom. The predicted octanol–water partition coefficient (Wildman–Crippen LogP) is 3.64. The minimum Gasteiger partial charge on any atom is -0.493 e. The highest BCUT2D eigenvalue weighted by Gasteiger charge is 2.34. The van der Waals surface area contributed by atoms with E-state index in [0.717, 1.165) is 17.7 Å². The number of benzene rings is 2. The van der Waals surface area contributed by atoms with E-state index in [1.165, 1.54) is 27.4 Å². The van der Waals surface area contributed by atoms with Crippen molar-refractivity contribution < 1.29 is 28.5 Å². The van der Waals surface area contributed by atoms with Crippen LogP contribution in [-0.2, 0) is 20.7 Å². The molecule has 2 aromatic rings. The molecule has 2 aromatic carbocycles. The number of rotatable bonds is 7. The van der Waals surface area contributed by atoms with Crippen molar-refractivity contribution in [1.82, 2.24) is 0 Å². The molecule has 0 fully saturated rings. The van der Waals surface area contributed by atoms with Crippen molar-refractivity contribution in [2.24, 2.45) is 0 Å². The van der Waals surface area contributed by atoms with Gasteiger partial charge in [-0.1, -0.05) is 18.2 Å². The van der Waals surface area contributed by atoms with Gasteiger partial charge in [0.25, 0.3) is 5.91 Å². The van der Waals surface area contributed by atoms with E-state index in [4.69, 9.17) is 18.9 Å². The van der Waals surface area contributed by atoms with Gasteiger partial charge in [-0.25, -0.2) is 4.79 Å². The first kappa shape index (κ1) is 22.2. The van der Waals surface area contributed by atoms with Crippen molar-refractivity contribution in [3.8, 4) is 17.2 Å². The van der Waals surface area contributed by atoms with Crippen LogP contribution in [-0.4, -0.2) is 45.4 Å². The first-order valence-electron chi connectivity index (χ1n) is 9.99. The highest BCUT2D eigenvalue weighted by atomic mass is 16.5. The number of para-hydroxylation sites is 1. The summed E-state index contributed by atoms with van der Waals surface area (Å²) < 4.78 is 21.3. The smallest absolute Gasteiger partial charge is 0.331 e. The second-order valence-electron chi connectivity index (χ2n) is 7.26. The summed E-state index contributed by atoms with van der Waals surface area (Å²) in [6.45, 7) is 3.57. The number of hydrogen-bond donors (Lipinski definition) is 0.